The molecule has 0 unspecified atom stereocenters. The van der Waals surface area contributed by atoms with E-state index in [1.165, 1.54) is 19.3 Å². The van der Waals surface area contributed by atoms with Gasteiger partial charge in [0.25, 0.3) is 0 Å². The predicted molar refractivity (Wildman–Crippen MR) is 110 cm³/mol. The normalized spacial score (nSPS) is 25.2. The molecule has 2 amide bonds. The van der Waals surface area contributed by atoms with E-state index in [2.05, 4.69) is 16.8 Å². The zero-order valence-electron chi connectivity index (χ0n) is 17.8. The third kappa shape index (κ3) is 4.44. The number of likely N-dealkylation sites (tertiary alicyclic amines) is 2. The van der Waals surface area contributed by atoms with Crippen molar-refractivity contribution in [2.45, 2.75) is 70.9 Å². The zero-order chi connectivity index (χ0) is 20.4. The van der Waals surface area contributed by atoms with Crippen LogP contribution in [0.5, 0.6) is 0 Å². The summed E-state index contributed by atoms with van der Waals surface area (Å²) in [6, 6.07) is 0.552. The summed E-state index contributed by atoms with van der Waals surface area (Å²) in [5, 5.41) is 0. The molecule has 0 spiro atoms. The lowest BCUT2D eigenvalue weighted by atomic mass is 10.00. The summed E-state index contributed by atoms with van der Waals surface area (Å²) in [5.41, 5.74) is 2.14. The molecule has 4 heterocycles. The van der Waals surface area contributed by atoms with Crippen LogP contribution >= 0.6 is 0 Å². The first-order valence-corrected chi connectivity index (χ1v) is 11.2. The van der Waals surface area contributed by atoms with E-state index in [1.807, 2.05) is 16.0 Å². The molecule has 3 aliphatic heterocycles. The van der Waals surface area contributed by atoms with Gasteiger partial charge in [-0.25, -0.2) is 9.97 Å². The third-order valence-electron chi connectivity index (χ3n) is 6.86. The van der Waals surface area contributed by atoms with E-state index in [0.717, 1.165) is 56.0 Å². The quantitative estimate of drug-likeness (QED) is 0.774. The van der Waals surface area contributed by atoms with Crippen molar-refractivity contribution in [1.82, 2.24) is 24.7 Å². The Labute approximate surface area is 173 Å². The lowest BCUT2D eigenvalue weighted by molar-refractivity contribution is -0.134. The Kier molecular flexibility index (Phi) is 6.13. The summed E-state index contributed by atoms with van der Waals surface area (Å²) in [6.07, 6.45) is 8.44. The number of carbonyl (C=O) groups excluding carboxylic acids is 2. The van der Waals surface area contributed by atoms with E-state index >= 15 is 0 Å². The van der Waals surface area contributed by atoms with E-state index < -0.39 is 0 Å². The first-order chi connectivity index (χ1) is 14.0. The predicted octanol–water partition coefficient (Wildman–Crippen LogP) is 1.96. The summed E-state index contributed by atoms with van der Waals surface area (Å²) < 4.78 is 0. The smallest absolute Gasteiger partial charge is 0.237 e. The van der Waals surface area contributed by atoms with Crippen LogP contribution in [0.15, 0.2) is 6.20 Å². The van der Waals surface area contributed by atoms with Crippen molar-refractivity contribution in [2.75, 3.05) is 32.7 Å². The molecule has 2 saturated heterocycles. The molecule has 2 atom stereocenters. The van der Waals surface area contributed by atoms with Crippen molar-refractivity contribution in [3.63, 3.8) is 0 Å². The highest BCUT2D eigenvalue weighted by Gasteiger charge is 2.30. The lowest BCUT2D eigenvalue weighted by Crippen LogP contribution is -2.47. The Morgan fingerprint density at radius 3 is 2.76 bits per heavy atom. The van der Waals surface area contributed by atoms with Gasteiger partial charge >= 0.3 is 0 Å². The third-order valence-corrected chi connectivity index (χ3v) is 6.86. The number of fused-ring (bicyclic) bond motifs is 1. The number of amides is 2. The summed E-state index contributed by atoms with van der Waals surface area (Å²) in [4.78, 5) is 40.2. The minimum absolute atomic E-state index is 0.124. The summed E-state index contributed by atoms with van der Waals surface area (Å²) in [7, 11) is 0. The molecule has 1 aromatic rings. The molecule has 7 heteroatoms. The van der Waals surface area contributed by atoms with Crippen molar-refractivity contribution in [2.24, 2.45) is 0 Å². The SMILES string of the molecule is CC[C@H]1CCCCN1CC(=O)N1CCc2nc([C@@H]3CCN(C(C)=O)C3)ncc2C1. The fourth-order valence-electron chi connectivity index (χ4n) is 5.00. The van der Waals surface area contributed by atoms with Gasteiger partial charge in [0.1, 0.15) is 5.82 Å². The number of hydrogen-bond donors (Lipinski definition) is 0. The van der Waals surface area contributed by atoms with Gasteiger partial charge in [0.2, 0.25) is 11.8 Å². The molecule has 0 N–H and O–H groups in total. The van der Waals surface area contributed by atoms with E-state index in [9.17, 15) is 9.59 Å². The van der Waals surface area contributed by atoms with Gasteiger partial charge in [-0.05, 0) is 32.2 Å². The van der Waals surface area contributed by atoms with Crippen molar-refractivity contribution in [3.8, 4) is 0 Å². The van der Waals surface area contributed by atoms with Crippen molar-refractivity contribution in [1.29, 1.82) is 0 Å². The maximum absolute atomic E-state index is 12.9. The van der Waals surface area contributed by atoms with Gasteiger partial charge in [-0.15, -0.1) is 0 Å². The average Bonchev–Trinajstić information content (AvgIpc) is 3.24. The van der Waals surface area contributed by atoms with Gasteiger partial charge < -0.3 is 9.80 Å². The van der Waals surface area contributed by atoms with E-state index in [4.69, 9.17) is 4.98 Å². The van der Waals surface area contributed by atoms with Gasteiger partial charge in [-0.1, -0.05) is 13.3 Å². The van der Waals surface area contributed by atoms with E-state index in [0.29, 0.717) is 25.7 Å². The van der Waals surface area contributed by atoms with Crippen molar-refractivity contribution >= 4 is 11.8 Å². The highest BCUT2D eigenvalue weighted by molar-refractivity contribution is 5.78. The summed E-state index contributed by atoms with van der Waals surface area (Å²) in [6.45, 7) is 8.27. The number of aromatic nitrogens is 2. The molecule has 0 aromatic carbocycles. The van der Waals surface area contributed by atoms with Crippen LogP contribution in [-0.4, -0.2) is 75.2 Å². The molecular weight excluding hydrogens is 366 g/mol. The largest absolute Gasteiger partial charge is 0.342 e. The highest BCUT2D eigenvalue weighted by atomic mass is 16.2. The van der Waals surface area contributed by atoms with Gasteiger partial charge in [-0.3, -0.25) is 14.5 Å². The van der Waals surface area contributed by atoms with Crippen LogP contribution in [0.25, 0.3) is 0 Å². The fourth-order valence-corrected chi connectivity index (χ4v) is 5.00. The number of piperidine rings is 1. The van der Waals surface area contributed by atoms with Crippen LogP contribution in [0.1, 0.15) is 69.0 Å². The molecule has 29 heavy (non-hydrogen) atoms. The van der Waals surface area contributed by atoms with Crippen LogP contribution < -0.4 is 0 Å². The first-order valence-electron chi connectivity index (χ1n) is 11.2. The average molecular weight is 400 g/mol. The lowest BCUT2D eigenvalue weighted by Gasteiger charge is -2.37. The molecule has 2 fully saturated rings. The van der Waals surface area contributed by atoms with Crippen LogP contribution in [0.3, 0.4) is 0 Å². The van der Waals surface area contributed by atoms with Gasteiger partial charge in [0.05, 0.1) is 12.2 Å². The molecule has 1 aromatic heterocycles. The van der Waals surface area contributed by atoms with E-state index in [1.54, 1.807) is 6.92 Å². The highest BCUT2D eigenvalue weighted by Crippen LogP contribution is 2.27. The molecule has 4 rings (SSSR count). The van der Waals surface area contributed by atoms with Gasteiger partial charge in [-0.2, -0.15) is 0 Å². The molecule has 7 nitrogen and oxygen atoms in total. The van der Waals surface area contributed by atoms with Crippen LogP contribution in [0, 0.1) is 0 Å². The summed E-state index contributed by atoms with van der Waals surface area (Å²) in [5.74, 6) is 1.44. The molecule has 0 aliphatic carbocycles. The molecule has 0 radical (unpaired) electrons. The molecule has 0 saturated carbocycles. The number of rotatable bonds is 4. The topological polar surface area (TPSA) is 69.6 Å². The standard InChI is InChI=1S/C22H33N5O2/c1-3-19-6-4-5-9-26(19)15-21(29)27-11-8-20-18(14-27)12-23-22(24-20)17-7-10-25(13-17)16(2)28/h12,17,19H,3-11,13-15H2,1-2H3/t17-,19+/m1/s1. The van der Waals surface area contributed by atoms with Crippen LogP contribution in [0.2, 0.25) is 0 Å². The van der Waals surface area contributed by atoms with Gasteiger partial charge in [0.15, 0.2) is 0 Å². The van der Waals surface area contributed by atoms with Gasteiger partial charge in [0, 0.05) is 63.2 Å². The number of nitrogens with zero attached hydrogens (tertiary/aromatic N) is 5. The van der Waals surface area contributed by atoms with E-state index in [-0.39, 0.29) is 17.7 Å². The van der Waals surface area contributed by atoms with Crippen molar-refractivity contribution in [3.05, 3.63) is 23.3 Å². The Morgan fingerprint density at radius 2 is 2.00 bits per heavy atom. The maximum Gasteiger partial charge on any atom is 0.237 e. The minimum atomic E-state index is 0.124. The number of hydrogen-bond acceptors (Lipinski definition) is 5. The fraction of sp³-hybridized carbons (Fsp3) is 0.727. The Balaban J connectivity index is 1.37. The molecule has 0 bridgehead atoms. The van der Waals surface area contributed by atoms with Crippen LogP contribution in [0.4, 0.5) is 0 Å². The monoisotopic (exact) mass is 399 g/mol. The second-order valence-corrected chi connectivity index (χ2v) is 8.74. The maximum atomic E-state index is 12.9. The zero-order valence-corrected chi connectivity index (χ0v) is 17.8. The molecular formula is C22H33N5O2. The Hall–Kier alpha value is -2.02. The first kappa shape index (κ1) is 20.3. The summed E-state index contributed by atoms with van der Waals surface area (Å²) >= 11 is 0. The second kappa shape index (κ2) is 8.78. The molecule has 3 aliphatic rings. The Morgan fingerprint density at radius 1 is 1.14 bits per heavy atom. The molecule has 158 valence electrons. The van der Waals surface area contributed by atoms with Crippen molar-refractivity contribution < 1.29 is 9.59 Å². The second-order valence-electron chi connectivity index (χ2n) is 8.74. The number of carbonyl (C=O) groups is 2. The Bertz CT molecular complexity index is 768. The minimum Gasteiger partial charge on any atom is -0.342 e. The van der Waals surface area contributed by atoms with Crippen LogP contribution in [-0.2, 0) is 22.6 Å².